The van der Waals surface area contributed by atoms with Crippen molar-refractivity contribution in [3.8, 4) is 0 Å². The largest absolute Gasteiger partial charge is 0.382 e. The Hall–Kier alpha value is -1.11. The molecule has 0 aromatic rings. The predicted octanol–water partition coefficient (Wildman–Crippen LogP) is 11.5. The van der Waals surface area contributed by atoms with Crippen molar-refractivity contribution >= 4 is 17.3 Å². The lowest BCUT2D eigenvalue weighted by Gasteiger charge is -2.34. The Morgan fingerprint density at radius 1 is 0.367 bits per heavy atom. The molecule has 0 fully saturated rings. The van der Waals surface area contributed by atoms with Crippen LogP contribution in [-0.4, -0.2) is 50.5 Å². The van der Waals surface area contributed by atoms with Crippen LogP contribution in [0.25, 0.3) is 0 Å². The van der Waals surface area contributed by atoms with Crippen molar-refractivity contribution in [2.45, 2.75) is 257 Å². The van der Waals surface area contributed by atoms with Gasteiger partial charge in [0.25, 0.3) is 0 Å². The average molecular weight is 695 g/mol. The molecule has 0 spiro atoms. The Bertz CT molecular complexity index is 736. The molecule has 0 saturated heterocycles. The monoisotopic (exact) mass is 695 g/mol. The zero-order valence-corrected chi connectivity index (χ0v) is 32.8. The zero-order valence-electron chi connectivity index (χ0n) is 32.8. The molecule has 49 heavy (non-hydrogen) atoms. The van der Waals surface area contributed by atoms with Gasteiger partial charge in [0.15, 0.2) is 35.2 Å². The second-order valence-electron chi connectivity index (χ2n) is 15.1. The summed E-state index contributed by atoms with van der Waals surface area (Å²) < 4.78 is 0. The summed E-state index contributed by atoms with van der Waals surface area (Å²) in [5.74, 6) is -2.13. The first-order chi connectivity index (χ1) is 23.8. The summed E-state index contributed by atoms with van der Waals surface area (Å²) in [5.41, 5.74) is -2.79. The van der Waals surface area contributed by atoms with E-state index in [0.29, 0.717) is 19.3 Å². The van der Waals surface area contributed by atoms with Crippen molar-refractivity contribution in [3.05, 3.63) is 0 Å². The Kier molecular flexibility index (Phi) is 33.2. The van der Waals surface area contributed by atoms with Crippen LogP contribution in [0.5, 0.6) is 0 Å². The molecule has 0 bridgehead atoms. The van der Waals surface area contributed by atoms with Gasteiger partial charge in [-0.1, -0.05) is 201 Å². The smallest absolute Gasteiger partial charge is 0.189 e. The van der Waals surface area contributed by atoms with Gasteiger partial charge in [0.2, 0.25) is 0 Å². The standard InChI is InChI=1S/C43H82O6/c1-4-7-10-13-16-19-21-24-26-29-32-35-38(44)41(47)43(49,40(46)37-34-31-28-23-18-15-12-9-6-3)42(48)39(45)36-33-30-27-25-22-20-17-14-11-8-5-2/h41-42,47-49H,4-37H2,1-3H3. The maximum Gasteiger partial charge on any atom is 0.189 e. The molecule has 0 heterocycles. The van der Waals surface area contributed by atoms with Crippen molar-refractivity contribution in [1.29, 1.82) is 0 Å². The first-order valence-corrected chi connectivity index (χ1v) is 21.4. The Labute approximate surface area is 303 Å². The molecule has 6 heteroatoms. The molecule has 2 unspecified atom stereocenters. The van der Waals surface area contributed by atoms with Crippen LogP contribution in [0, 0.1) is 0 Å². The molecular formula is C43H82O6. The molecule has 0 aliphatic carbocycles. The Morgan fingerprint density at radius 2 is 0.571 bits per heavy atom. The number of aliphatic hydroxyl groups is 3. The Morgan fingerprint density at radius 3 is 0.816 bits per heavy atom. The van der Waals surface area contributed by atoms with Crippen LogP contribution in [0.3, 0.4) is 0 Å². The number of unbranched alkanes of at least 4 members (excludes halogenated alkanes) is 28. The van der Waals surface area contributed by atoms with Crippen molar-refractivity contribution in [2.24, 2.45) is 0 Å². The third-order valence-electron chi connectivity index (χ3n) is 10.5. The SMILES string of the molecule is CCCCCCCCCCCCCC(=O)C(O)C(O)(C(=O)CCCCCCCCCCC)C(O)C(=O)CCCCCCCCCCCCC. The number of hydrogen-bond donors (Lipinski definition) is 3. The zero-order chi connectivity index (χ0) is 36.4. The molecule has 0 radical (unpaired) electrons. The number of Topliss-reactive ketones (excluding diaryl/α,β-unsaturated/α-hetero) is 3. The predicted molar refractivity (Wildman–Crippen MR) is 206 cm³/mol. The van der Waals surface area contributed by atoms with Gasteiger partial charge in [0, 0.05) is 19.3 Å². The maximum absolute atomic E-state index is 13.4. The van der Waals surface area contributed by atoms with Crippen LogP contribution in [0.15, 0.2) is 0 Å². The van der Waals surface area contributed by atoms with Crippen molar-refractivity contribution in [3.63, 3.8) is 0 Å². The second-order valence-corrected chi connectivity index (χ2v) is 15.1. The van der Waals surface area contributed by atoms with E-state index in [1.807, 2.05) is 0 Å². The molecule has 0 aromatic carbocycles. The van der Waals surface area contributed by atoms with E-state index in [1.165, 1.54) is 116 Å². The minimum absolute atomic E-state index is 0.0192. The van der Waals surface area contributed by atoms with Crippen LogP contribution in [-0.2, 0) is 14.4 Å². The van der Waals surface area contributed by atoms with Gasteiger partial charge in [-0.2, -0.15) is 0 Å². The van der Waals surface area contributed by atoms with Crippen LogP contribution in [0.1, 0.15) is 239 Å². The molecule has 6 nitrogen and oxygen atoms in total. The first kappa shape index (κ1) is 47.9. The minimum Gasteiger partial charge on any atom is -0.382 e. The van der Waals surface area contributed by atoms with Crippen molar-refractivity contribution < 1.29 is 29.7 Å². The van der Waals surface area contributed by atoms with Gasteiger partial charge in [-0.05, 0) is 19.3 Å². The summed E-state index contributed by atoms with van der Waals surface area (Å²) in [4.78, 5) is 39.6. The van der Waals surface area contributed by atoms with E-state index in [-0.39, 0.29) is 19.3 Å². The summed E-state index contributed by atoms with van der Waals surface area (Å²) in [6.45, 7) is 6.65. The van der Waals surface area contributed by atoms with E-state index in [2.05, 4.69) is 20.8 Å². The molecule has 0 aliphatic rings. The molecule has 3 N–H and O–H groups in total. The van der Waals surface area contributed by atoms with Gasteiger partial charge in [-0.25, -0.2) is 0 Å². The van der Waals surface area contributed by atoms with E-state index in [1.54, 1.807) is 0 Å². The van der Waals surface area contributed by atoms with E-state index >= 15 is 0 Å². The summed E-state index contributed by atoms with van der Waals surface area (Å²) in [7, 11) is 0. The fourth-order valence-electron chi connectivity index (χ4n) is 6.94. The number of ketones is 3. The first-order valence-electron chi connectivity index (χ1n) is 21.4. The van der Waals surface area contributed by atoms with Gasteiger partial charge in [0.05, 0.1) is 0 Å². The number of rotatable bonds is 39. The summed E-state index contributed by atoms with van der Waals surface area (Å²) in [5, 5.41) is 33.7. The topological polar surface area (TPSA) is 112 Å². The van der Waals surface area contributed by atoms with Crippen LogP contribution >= 0.6 is 0 Å². The number of carbonyl (C=O) groups excluding carboxylic acids is 3. The highest BCUT2D eigenvalue weighted by Crippen LogP contribution is 2.26. The van der Waals surface area contributed by atoms with E-state index in [9.17, 15) is 29.7 Å². The van der Waals surface area contributed by atoms with E-state index < -0.39 is 35.2 Å². The van der Waals surface area contributed by atoms with Gasteiger partial charge < -0.3 is 15.3 Å². The quantitative estimate of drug-likeness (QED) is 0.0552. The molecule has 2 atom stereocenters. The molecule has 0 aromatic heterocycles. The molecule has 0 aliphatic heterocycles. The maximum atomic E-state index is 13.4. The molecular weight excluding hydrogens is 612 g/mol. The lowest BCUT2D eigenvalue weighted by Crippen LogP contribution is -2.63. The number of carbonyl (C=O) groups is 3. The highest BCUT2D eigenvalue weighted by Gasteiger charge is 2.53. The third-order valence-corrected chi connectivity index (χ3v) is 10.5. The summed E-state index contributed by atoms with van der Waals surface area (Å²) >= 11 is 0. The molecule has 0 amide bonds. The minimum atomic E-state index is -2.79. The number of aliphatic hydroxyl groups excluding tert-OH is 2. The normalized spacial score (nSPS) is 14.1. The van der Waals surface area contributed by atoms with Gasteiger partial charge in [-0.3, -0.25) is 14.4 Å². The van der Waals surface area contributed by atoms with E-state index in [4.69, 9.17) is 0 Å². The highest BCUT2D eigenvalue weighted by molar-refractivity contribution is 6.01. The Balaban J connectivity index is 4.86. The summed E-state index contributed by atoms with van der Waals surface area (Å²) in [6.07, 6.45) is 30.0. The molecule has 0 rings (SSSR count). The van der Waals surface area contributed by atoms with Crippen LogP contribution < -0.4 is 0 Å². The van der Waals surface area contributed by atoms with Gasteiger partial charge in [-0.15, -0.1) is 0 Å². The fraction of sp³-hybridized carbons (Fsp3) is 0.930. The third kappa shape index (κ3) is 24.7. The average Bonchev–Trinajstić information content (AvgIpc) is 3.10. The van der Waals surface area contributed by atoms with Gasteiger partial charge in [0.1, 0.15) is 0 Å². The fourth-order valence-corrected chi connectivity index (χ4v) is 6.94. The summed E-state index contributed by atoms with van der Waals surface area (Å²) in [6, 6.07) is 0. The van der Waals surface area contributed by atoms with Crippen molar-refractivity contribution in [1.82, 2.24) is 0 Å². The number of hydrogen-bond acceptors (Lipinski definition) is 6. The van der Waals surface area contributed by atoms with Gasteiger partial charge >= 0.3 is 0 Å². The lowest BCUT2D eigenvalue weighted by molar-refractivity contribution is -0.181. The second kappa shape index (κ2) is 34.0. The van der Waals surface area contributed by atoms with E-state index in [0.717, 1.165) is 64.2 Å². The van der Waals surface area contributed by atoms with Crippen LogP contribution in [0.4, 0.5) is 0 Å². The molecule has 0 saturated carbocycles. The lowest BCUT2D eigenvalue weighted by atomic mass is 9.78. The van der Waals surface area contributed by atoms with Crippen LogP contribution in [0.2, 0.25) is 0 Å². The molecule has 290 valence electrons. The van der Waals surface area contributed by atoms with Crippen molar-refractivity contribution in [2.75, 3.05) is 0 Å². The highest BCUT2D eigenvalue weighted by atomic mass is 16.4.